The maximum Gasteiger partial charge on any atom is 0.416 e. The normalized spacial score (nSPS) is 21.7. The fraction of sp³-hybridized carbons (Fsp3) is 0.667. The molecule has 2 saturated heterocycles. The van der Waals surface area contributed by atoms with Gasteiger partial charge in [0.2, 0.25) is 21.8 Å². The molecule has 3 aliphatic rings. The van der Waals surface area contributed by atoms with Crippen molar-refractivity contribution in [2.45, 2.75) is 80.6 Å². The van der Waals surface area contributed by atoms with Crippen LogP contribution in [0.25, 0.3) is 0 Å². The Balaban J connectivity index is 1.31. The van der Waals surface area contributed by atoms with E-state index in [9.17, 15) is 31.2 Å². The molecule has 12 heteroatoms. The molecule has 200 valence electrons. The second-order valence-corrected chi connectivity index (χ2v) is 11.5. The van der Waals surface area contributed by atoms with E-state index in [0.29, 0.717) is 58.0 Å². The van der Waals surface area contributed by atoms with Crippen LogP contribution in [-0.4, -0.2) is 73.9 Å². The third kappa shape index (κ3) is 6.57. The highest BCUT2D eigenvalue weighted by Crippen LogP contribution is 2.38. The SMILES string of the molecule is O=C(CCC(=O)N1CCC(N(C2CC2)S(=O)(=O)c2cccc(C(F)(F)F)c2)CC1)NCC1CCCO1. The van der Waals surface area contributed by atoms with Gasteiger partial charge in [-0.05, 0) is 56.7 Å². The van der Waals surface area contributed by atoms with E-state index in [1.807, 2.05) is 0 Å². The highest BCUT2D eigenvalue weighted by molar-refractivity contribution is 7.89. The Kier molecular flexibility index (Phi) is 8.25. The lowest BCUT2D eigenvalue weighted by molar-refractivity contribution is -0.137. The van der Waals surface area contributed by atoms with Crippen molar-refractivity contribution in [3.63, 3.8) is 0 Å². The number of benzene rings is 1. The number of carbonyl (C=O) groups excluding carboxylic acids is 2. The number of carbonyl (C=O) groups is 2. The molecule has 0 bridgehead atoms. The number of ether oxygens (including phenoxy) is 1. The van der Waals surface area contributed by atoms with Crippen LogP contribution in [0.1, 0.15) is 56.9 Å². The van der Waals surface area contributed by atoms with Crippen molar-refractivity contribution in [3.05, 3.63) is 29.8 Å². The summed E-state index contributed by atoms with van der Waals surface area (Å²) >= 11 is 0. The van der Waals surface area contributed by atoms with Gasteiger partial charge in [-0.15, -0.1) is 0 Å². The fourth-order valence-electron chi connectivity index (χ4n) is 4.84. The Hall–Kier alpha value is -2.18. The molecule has 1 aliphatic carbocycles. The van der Waals surface area contributed by atoms with E-state index < -0.39 is 27.8 Å². The van der Waals surface area contributed by atoms with Gasteiger partial charge in [0.1, 0.15) is 0 Å². The summed E-state index contributed by atoms with van der Waals surface area (Å²) < 4.78 is 73.0. The summed E-state index contributed by atoms with van der Waals surface area (Å²) in [5, 5.41) is 2.79. The number of likely N-dealkylation sites (tertiary alicyclic amines) is 1. The van der Waals surface area contributed by atoms with Crippen LogP contribution in [0.4, 0.5) is 13.2 Å². The van der Waals surface area contributed by atoms with Crippen molar-refractivity contribution in [2.75, 3.05) is 26.2 Å². The monoisotopic (exact) mass is 531 g/mol. The second-order valence-electron chi connectivity index (χ2n) is 9.64. The van der Waals surface area contributed by atoms with Gasteiger partial charge >= 0.3 is 6.18 Å². The van der Waals surface area contributed by atoms with E-state index in [2.05, 4.69) is 5.32 Å². The molecule has 1 N–H and O–H groups in total. The minimum absolute atomic E-state index is 0.0327. The van der Waals surface area contributed by atoms with Crippen molar-refractivity contribution < 1.29 is 35.9 Å². The number of nitrogens with zero attached hydrogens (tertiary/aromatic N) is 2. The number of sulfonamides is 1. The maximum absolute atomic E-state index is 13.4. The zero-order chi connectivity index (χ0) is 25.9. The standard InChI is InChI=1S/C24H32F3N3O5S/c25-24(26,27)17-3-1-5-21(15-17)36(33,34)30(18-6-7-18)19-10-12-29(13-11-19)23(32)9-8-22(31)28-16-20-4-2-14-35-20/h1,3,5,15,18-20H,2,4,6-14,16H2,(H,28,31). The Bertz CT molecular complexity index is 1050. The van der Waals surface area contributed by atoms with E-state index in [-0.39, 0.29) is 41.7 Å². The van der Waals surface area contributed by atoms with Crippen LogP contribution < -0.4 is 5.32 Å². The number of nitrogens with one attached hydrogen (secondary N) is 1. The zero-order valence-corrected chi connectivity index (χ0v) is 20.8. The Morgan fingerprint density at radius 2 is 1.75 bits per heavy atom. The molecule has 8 nitrogen and oxygen atoms in total. The van der Waals surface area contributed by atoms with Crippen LogP contribution in [-0.2, 0) is 30.5 Å². The number of halogens is 3. The van der Waals surface area contributed by atoms with Gasteiger partial charge in [-0.3, -0.25) is 9.59 Å². The molecule has 3 fully saturated rings. The number of piperidine rings is 1. The lowest BCUT2D eigenvalue weighted by atomic mass is 10.0. The van der Waals surface area contributed by atoms with E-state index in [1.54, 1.807) is 4.90 Å². The minimum Gasteiger partial charge on any atom is -0.376 e. The Morgan fingerprint density at radius 1 is 1.06 bits per heavy atom. The van der Waals surface area contributed by atoms with Gasteiger partial charge < -0.3 is 15.0 Å². The van der Waals surface area contributed by atoms with Crippen LogP contribution in [0.2, 0.25) is 0 Å². The third-order valence-electron chi connectivity index (χ3n) is 6.94. The second kappa shape index (κ2) is 11.1. The smallest absolute Gasteiger partial charge is 0.376 e. The molecular weight excluding hydrogens is 499 g/mol. The zero-order valence-electron chi connectivity index (χ0n) is 20.0. The van der Waals surface area contributed by atoms with E-state index in [4.69, 9.17) is 4.74 Å². The van der Waals surface area contributed by atoms with Gasteiger partial charge in [-0.1, -0.05) is 6.07 Å². The maximum atomic E-state index is 13.4. The Labute approximate surface area is 209 Å². The van der Waals surface area contributed by atoms with Crippen LogP contribution in [0.5, 0.6) is 0 Å². The van der Waals surface area contributed by atoms with Gasteiger partial charge in [0.25, 0.3) is 0 Å². The quantitative estimate of drug-likeness (QED) is 0.529. The van der Waals surface area contributed by atoms with Crippen molar-refractivity contribution in [1.29, 1.82) is 0 Å². The highest BCUT2D eigenvalue weighted by atomic mass is 32.2. The van der Waals surface area contributed by atoms with Crippen molar-refractivity contribution >= 4 is 21.8 Å². The predicted octanol–water partition coefficient (Wildman–Crippen LogP) is 2.92. The van der Waals surface area contributed by atoms with Crippen molar-refractivity contribution in [1.82, 2.24) is 14.5 Å². The topological polar surface area (TPSA) is 96.0 Å². The molecule has 0 spiro atoms. The number of alkyl halides is 3. The molecule has 1 unspecified atom stereocenters. The summed E-state index contributed by atoms with van der Waals surface area (Å²) in [6.45, 7) is 1.81. The first kappa shape index (κ1) is 26.9. The first-order valence-electron chi connectivity index (χ1n) is 12.4. The summed E-state index contributed by atoms with van der Waals surface area (Å²) in [5.41, 5.74) is -1.00. The van der Waals surface area contributed by atoms with Gasteiger partial charge in [-0.25, -0.2) is 8.42 Å². The molecule has 0 aromatic heterocycles. The predicted molar refractivity (Wildman–Crippen MR) is 124 cm³/mol. The number of hydrogen-bond donors (Lipinski definition) is 1. The van der Waals surface area contributed by atoms with Crippen LogP contribution in [0, 0.1) is 0 Å². The molecule has 1 saturated carbocycles. The molecule has 1 atom stereocenters. The van der Waals surface area contributed by atoms with Gasteiger partial charge in [0.15, 0.2) is 0 Å². The summed E-state index contributed by atoms with van der Waals surface area (Å²) in [6, 6.07) is 3.22. The summed E-state index contributed by atoms with van der Waals surface area (Å²) in [6.07, 6.45) is -0.452. The van der Waals surface area contributed by atoms with Crippen LogP contribution >= 0.6 is 0 Å². The first-order valence-corrected chi connectivity index (χ1v) is 13.9. The molecule has 0 radical (unpaired) electrons. The van der Waals surface area contributed by atoms with E-state index in [1.165, 1.54) is 10.4 Å². The number of amides is 2. The highest BCUT2D eigenvalue weighted by Gasteiger charge is 2.44. The molecule has 1 aromatic carbocycles. The summed E-state index contributed by atoms with van der Waals surface area (Å²) in [5.74, 6) is -0.375. The summed E-state index contributed by atoms with van der Waals surface area (Å²) in [7, 11) is -4.13. The van der Waals surface area contributed by atoms with Gasteiger partial charge in [-0.2, -0.15) is 17.5 Å². The number of hydrogen-bond acceptors (Lipinski definition) is 5. The van der Waals surface area contributed by atoms with Crippen LogP contribution in [0.3, 0.4) is 0 Å². The number of rotatable bonds is 9. The third-order valence-corrected chi connectivity index (χ3v) is 8.94. The van der Waals surface area contributed by atoms with Crippen molar-refractivity contribution in [3.8, 4) is 0 Å². The molecule has 1 aromatic rings. The average molecular weight is 532 g/mol. The largest absolute Gasteiger partial charge is 0.416 e. The van der Waals surface area contributed by atoms with Crippen LogP contribution in [0.15, 0.2) is 29.2 Å². The molecule has 2 amide bonds. The molecule has 4 rings (SSSR count). The first-order chi connectivity index (χ1) is 17.1. The van der Waals surface area contributed by atoms with Crippen molar-refractivity contribution in [2.24, 2.45) is 0 Å². The molecule has 36 heavy (non-hydrogen) atoms. The average Bonchev–Trinajstić information content (AvgIpc) is 3.53. The molecule has 2 heterocycles. The fourth-order valence-corrected chi connectivity index (χ4v) is 6.82. The summed E-state index contributed by atoms with van der Waals surface area (Å²) in [4.78, 5) is 25.9. The van der Waals surface area contributed by atoms with E-state index >= 15 is 0 Å². The van der Waals surface area contributed by atoms with Gasteiger partial charge in [0, 0.05) is 51.2 Å². The Morgan fingerprint density at radius 3 is 2.36 bits per heavy atom. The van der Waals surface area contributed by atoms with E-state index in [0.717, 1.165) is 25.0 Å². The molecule has 2 aliphatic heterocycles. The minimum atomic E-state index is -4.64. The lowest BCUT2D eigenvalue weighted by Crippen LogP contribution is -2.49. The van der Waals surface area contributed by atoms with Gasteiger partial charge in [0.05, 0.1) is 16.6 Å². The lowest BCUT2D eigenvalue weighted by Gasteiger charge is -2.38. The molecular formula is C24H32F3N3O5S.